The molecule has 0 fully saturated rings. The number of rotatable bonds is 9. The zero-order chi connectivity index (χ0) is 21.5. The van der Waals surface area contributed by atoms with Crippen LogP contribution in [0, 0.1) is 0 Å². The summed E-state index contributed by atoms with van der Waals surface area (Å²) >= 11 is 1.45. The van der Waals surface area contributed by atoms with Gasteiger partial charge < -0.3 is 24.3 Å². The standard InChI is InChI=1S/C21H20N4O5S/c1-27-19-10-24-15(12-31-21-22-5-2-6-23-21)8-18(19)28-11-20(26)25-9-14-3-4-16-17(7-14)30-13-29-16/h2-8,10H,9,11-13H2,1H3,(H,25,26). The van der Waals surface area contributed by atoms with E-state index >= 15 is 0 Å². The Balaban J connectivity index is 1.30. The van der Waals surface area contributed by atoms with Crippen molar-refractivity contribution in [1.82, 2.24) is 20.3 Å². The van der Waals surface area contributed by atoms with E-state index in [1.165, 1.54) is 18.9 Å². The maximum atomic E-state index is 12.2. The number of amides is 1. The monoisotopic (exact) mass is 440 g/mol. The summed E-state index contributed by atoms with van der Waals surface area (Å²) in [5.41, 5.74) is 1.66. The van der Waals surface area contributed by atoms with Gasteiger partial charge in [0.2, 0.25) is 6.79 Å². The van der Waals surface area contributed by atoms with Crippen molar-refractivity contribution in [3.63, 3.8) is 0 Å². The third-order valence-electron chi connectivity index (χ3n) is 4.28. The van der Waals surface area contributed by atoms with Crippen molar-refractivity contribution in [2.75, 3.05) is 20.5 Å². The molecule has 1 N–H and O–H groups in total. The van der Waals surface area contributed by atoms with Crippen LogP contribution in [0.4, 0.5) is 0 Å². The first-order valence-electron chi connectivity index (χ1n) is 9.42. The number of nitrogens with zero attached hydrogens (tertiary/aromatic N) is 3. The van der Waals surface area contributed by atoms with E-state index in [1.54, 1.807) is 30.7 Å². The summed E-state index contributed by atoms with van der Waals surface area (Å²) in [6.07, 6.45) is 4.95. The zero-order valence-corrected chi connectivity index (χ0v) is 17.6. The van der Waals surface area contributed by atoms with E-state index in [1.807, 2.05) is 18.2 Å². The SMILES string of the molecule is COc1cnc(CSc2ncccn2)cc1OCC(=O)NCc1ccc2c(c1)OCO2. The molecule has 3 aromatic rings. The maximum absolute atomic E-state index is 12.2. The van der Waals surface area contributed by atoms with Crippen LogP contribution in [-0.2, 0) is 17.1 Å². The number of hydrogen-bond acceptors (Lipinski definition) is 9. The number of methoxy groups -OCH3 is 1. The fourth-order valence-corrected chi connectivity index (χ4v) is 3.46. The first-order valence-corrected chi connectivity index (χ1v) is 10.4. The van der Waals surface area contributed by atoms with Crippen LogP contribution in [0.1, 0.15) is 11.3 Å². The number of benzene rings is 1. The van der Waals surface area contributed by atoms with Gasteiger partial charge in [-0.3, -0.25) is 9.78 Å². The largest absolute Gasteiger partial charge is 0.491 e. The van der Waals surface area contributed by atoms with Gasteiger partial charge >= 0.3 is 0 Å². The Hall–Kier alpha value is -3.53. The second-order valence-corrected chi connectivity index (χ2v) is 7.34. The van der Waals surface area contributed by atoms with Crippen molar-refractivity contribution in [3.05, 3.63) is 60.2 Å². The van der Waals surface area contributed by atoms with Crippen molar-refractivity contribution >= 4 is 17.7 Å². The minimum absolute atomic E-state index is 0.153. The number of pyridine rings is 1. The Kier molecular flexibility index (Phi) is 6.68. The molecule has 0 saturated carbocycles. The smallest absolute Gasteiger partial charge is 0.258 e. The van der Waals surface area contributed by atoms with Crippen molar-refractivity contribution < 1.29 is 23.7 Å². The molecule has 2 aromatic heterocycles. The molecule has 9 nitrogen and oxygen atoms in total. The van der Waals surface area contributed by atoms with Crippen molar-refractivity contribution in [2.24, 2.45) is 0 Å². The van der Waals surface area contributed by atoms with E-state index in [2.05, 4.69) is 20.3 Å². The summed E-state index contributed by atoms with van der Waals surface area (Å²) in [4.78, 5) is 25.0. The highest BCUT2D eigenvalue weighted by Crippen LogP contribution is 2.32. The van der Waals surface area contributed by atoms with E-state index in [-0.39, 0.29) is 19.3 Å². The molecule has 1 aliphatic heterocycles. The Bertz CT molecular complexity index is 1050. The lowest BCUT2D eigenvalue weighted by atomic mass is 10.2. The number of nitrogens with one attached hydrogen (secondary N) is 1. The number of carbonyl (C=O) groups is 1. The van der Waals surface area contributed by atoms with Crippen LogP contribution >= 0.6 is 11.8 Å². The van der Waals surface area contributed by atoms with Gasteiger partial charge in [-0.1, -0.05) is 17.8 Å². The van der Waals surface area contributed by atoms with Crippen LogP contribution in [0.3, 0.4) is 0 Å². The van der Waals surface area contributed by atoms with Crippen LogP contribution in [0.5, 0.6) is 23.0 Å². The fourth-order valence-electron chi connectivity index (χ4n) is 2.75. The molecule has 3 heterocycles. The summed E-state index contributed by atoms with van der Waals surface area (Å²) in [6.45, 7) is 0.413. The highest BCUT2D eigenvalue weighted by Gasteiger charge is 2.14. The molecule has 0 atom stereocenters. The van der Waals surface area contributed by atoms with Crippen LogP contribution in [0.2, 0.25) is 0 Å². The summed E-state index contributed by atoms with van der Waals surface area (Å²) in [6, 6.07) is 9.05. The first-order chi connectivity index (χ1) is 15.2. The molecular formula is C21H20N4O5S. The van der Waals surface area contributed by atoms with Gasteiger partial charge in [0.05, 0.1) is 19.0 Å². The minimum Gasteiger partial charge on any atom is -0.491 e. The molecule has 0 unspecified atom stereocenters. The van der Waals surface area contributed by atoms with Crippen molar-refractivity contribution in [1.29, 1.82) is 0 Å². The molecule has 31 heavy (non-hydrogen) atoms. The molecule has 10 heteroatoms. The van der Waals surface area contributed by atoms with E-state index in [0.717, 1.165) is 11.3 Å². The van der Waals surface area contributed by atoms with Crippen LogP contribution in [0.15, 0.2) is 54.1 Å². The molecule has 0 bridgehead atoms. The van der Waals surface area contributed by atoms with Crippen molar-refractivity contribution in [2.45, 2.75) is 17.5 Å². The van der Waals surface area contributed by atoms with E-state index < -0.39 is 0 Å². The average Bonchev–Trinajstić information content (AvgIpc) is 3.28. The average molecular weight is 440 g/mol. The third kappa shape index (κ3) is 5.54. The van der Waals surface area contributed by atoms with Gasteiger partial charge in [-0.05, 0) is 23.8 Å². The van der Waals surface area contributed by atoms with Gasteiger partial charge in [-0.2, -0.15) is 0 Å². The van der Waals surface area contributed by atoms with E-state index in [4.69, 9.17) is 18.9 Å². The molecule has 1 aliphatic rings. The van der Waals surface area contributed by atoms with Gasteiger partial charge in [-0.15, -0.1) is 0 Å². The number of ether oxygens (including phenoxy) is 4. The van der Waals surface area contributed by atoms with Gasteiger partial charge in [0.25, 0.3) is 5.91 Å². The predicted octanol–water partition coefficient (Wildman–Crippen LogP) is 2.60. The Labute approximate surface area is 183 Å². The molecule has 160 valence electrons. The molecule has 0 saturated heterocycles. The molecule has 1 aromatic carbocycles. The lowest BCUT2D eigenvalue weighted by Crippen LogP contribution is -2.28. The molecule has 0 aliphatic carbocycles. The summed E-state index contributed by atoms with van der Waals surface area (Å²) in [5, 5.41) is 3.48. The molecule has 0 radical (unpaired) electrons. The van der Waals surface area contributed by atoms with Crippen LogP contribution < -0.4 is 24.3 Å². The quantitative estimate of drug-likeness (QED) is 0.397. The Morgan fingerprint density at radius 3 is 2.81 bits per heavy atom. The minimum atomic E-state index is -0.259. The third-order valence-corrected chi connectivity index (χ3v) is 5.19. The fraction of sp³-hybridized carbons (Fsp3) is 0.238. The Morgan fingerprint density at radius 2 is 1.97 bits per heavy atom. The normalized spacial score (nSPS) is 11.8. The number of aromatic nitrogens is 3. The van der Waals surface area contributed by atoms with E-state index in [0.29, 0.717) is 40.5 Å². The lowest BCUT2D eigenvalue weighted by molar-refractivity contribution is -0.123. The van der Waals surface area contributed by atoms with Gasteiger partial charge in [0.15, 0.2) is 34.8 Å². The predicted molar refractivity (Wildman–Crippen MR) is 112 cm³/mol. The number of hydrogen-bond donors (Lipinski definition) is 1. The topological polar surface area (TPSA) is 105 Å². The first kappa shape index (κ1) is 20.7. The molecule has 4 rings (SSSR count). The van der Waals surface area contributed by atoms with Gasteiger partial charge in [0.1, 0.15) is 0 Å². The van der Waals surface area contributed by atoms with E-state index in [9.17, 15) is 4.79 Å². The summed E-state index contributed by atoms with van der Waals surface area (Å²) in [7, 11) is 1.52. The molecule has 1 amide bonds. The Morgan fingerprint density at radius 1 is 1.13 bits per heavy atom. The number of thioether (sulfide) groups is 1. The number of fused-ring (bicyclic) bond motifs is 1. The molecular weight excluding hydrogens is 420 g/mol. The maximum Gasteiger partial charge on any atom is 0.258 e. The lowest BCUT2D eigenvalue weighted by Gasteiger charge is -2.12. The second kappa shape index (κ2) is 9.98. The van der Waals surface area contributed by atoms with Gasteiger partial charge in [0, 0.05) is 30.8 Å². The highest BCUT2D eigenvalue weighted by atomic mass is 32.2. The van der Waals surface area contributed by atoms with Crippen LogP contribution in [-0.4, -0.2) is 41.4 Å². The zero-order valence-electron chi connectivity index (χ0n) is 16.7. The van der Waals surface area contributed by atoms with Crippen molar-refractivity contribution in [3.8, 4) is 23.0 Å². The summed E-state index contributed by atoms with van der Waals surface area (Å²) in [5.74, 6) is 2.58. The highest BCUT2D eigenvalue weighted by molar-refractivity contribution is 7.98. The number of carbonyl (C=O) groups excluding carboxylic acids is 1. The molecule has 0 spiro atoms. The second-order valence-electron chi connectivity index (χ2n) is 6.40. The van der Waals surface area contributed by atoms with Crippen LogP contribution in [0.25, 0.3) is 0 Å². The van der Waals surface area contributed by atoms with Gasteiger partial charge in [-0.25, -0.2) is 9.97 Å². The summed E-state index contributed by atoms with van der Waals surface area (Å²) < 4.78 is 21.6.